The van der Waals surface area contributed by atoms with Gasteiger partial charge in [0, 0.05) is 25.5 Å². The number of aromatic nitrogens is 2. The number of carbonyl (C=O) groups is 1. The highest BCUT2D eigenvalue weighted by Gasteiger charge is 2.23. The summed E-state index contributed by atoms with van der Waals surface area (Å²) in [5.74, 6) is 0.844. The second-order valence-corrected chi connectivity index (χ2v) is 5.51. The number of piperidine rings is 1. The van der Waals surface area contributed by atoms with E-state index in [1.807, 2.05) is 40.8 Å². The summed E-state index contributed by atoms with van der Waals surface area (Å²) in [4.78, 5) is 19.0. The van der Waals surface area contributed by atoms with Crippen molar-refractivity contribution in [2.24, 2.45) is 5.92 Å². The molecule has 4 heteroatoms. The number of likely N-dealkylation sites (tertiary alicyclic amines) is 1. The van der Waals surface area contributed by atoms with E-state index < -0.39 is 0 Å². The zero-order valence-electron chi connectivity index (χ0n) is 11.5. The van der Waals surface area contributed by atoms with Gasteiger partial charge in [0.25, 0.3) is 5.91 Å². The van der Waals surface area contributed by atoms with Gasteiger partial charge in [0.15, 0.2) is 0 Å². The number of hydrogen-bond acceptors (Lipinski definition) is 2. The zero-order valence-corrected chi connectivity index (χ0v) is 11.5. The molecule has 0 aromatic carbocycles. The normalized spacial score (nSPS) is 17.1. The molecular weight excluding hydrogens is 238 g/mol. The standard InChI is InChI=1S/C15H19N3O/c1-11-5-8-17(9-6-11)15(19)13-4-3-7-18-10-12(2)16-14(13)18/h3-4,7,10-11H,5-6,8-9H2,1-2H3. The molecule has 3 heterocycles. The molecule has 4 nitrogen and oxygen atoms in total. The van der Waals surface area contributed by atoms with Gasteiger partial charge in [-0.05, 0) is 37.8 Å². The van der Waals surface area contributed by atoms with Crippen LogP contribution in [0.1, 0.15) is 35.8 Å². The van der Waals surface area contributed by atoms with E-state index in [1.54, 1.807) is 0 Å². The van der Waals surface area contributed by atoms with Crippen LogP contribution in [0, 0.1) is 12.8 Å². The van der Waals surface area contributed by atoms with Crippen molar-refractivity contribution < 1.29 is 4.79 Å². The zero-order chi connectivity index (χ0) is 13.4. The molecule has 0 saturated carbocycles. The van der Waals surface area contributed by atoms with Gasteiger partial charge in [0.1, 0.15) is 5.65 Å². The summed E-state index contributed by atoms with van der Waals surface area (Å²) in [5, 5.41) is 0. The van der Waals surface area contributed by atoms with E-state index in [1.165, 1.54) is 0 Å². The van der Waals surface area contributed by atoms with E-state index in [2.05, 4.69) is 11.9 Å². The molecule has 1 fully saturated rings. The number of hydrogen-bond donors (Lipinski definition) is 0. The first-order chi connectivity index (χ1) is 9.15. The molecule has 0 N–H and O–H groups in total. The summed E-state index contributed by atoms with van der Waals surface area (Å²) in [7, 11) is 0. The first kappa shape index (κ1) is 12.2. The van der Waals surface area contributed by atoms with Gasteiger partial charge >= 0.3 is 0 Å². The summed E-state index contributed by atoms with van der Waals surface area (Å²) in [5.41, 5.74) is 2.42. The molecule has 0 bridgehead atoms. The number of rotatable bonds is 1. The third-order valence-electron chi connectivity index (χ3n) is 3.90. The van der Waals surface area contributed by atoms with Crippen molar-refractivity contribution in [3.05, 3.63) is 35.8 Å². The number of pyridine rings is 1. The molecule has 0 radical (unpaired) electrons. The van der Waals surface area contributed by atoms with E-state index in [9.17, 15) is 4.79 Å². The van der Waals surface area contributed by atoms with E-state index in [4.69, 9.17) is 0 Å². The van der Waals surface area contributed by atoms with Crippen LogP contribution in [0.4, 0.5) is 0 Å². The molecule has 0 atom stereocenters. The Hall–Kier alpha value is -1.84. The third kappa shape index (κ3) is 2.23. The SMILES string of the molecule is Cc1cn2cccc(C(=O)N3CCC(C)CC3)c2n1. The van der Waals surface area contributed by atoms with Gasteiger partial charge in [-0.25, -0.2) is 4.98 Å². The Kier molecular flexibility index (Phi) is 3.01. The molecule has 19 heavy (non-hydrogen) atoms. The summed E-state index contributed by atoms with van der Waals surface area (Å²) < 4.78 is 1.93. The predicted octanol–water partition coefficient (Wildman–Crippen LogP) is 2.51. The van der Waals surface area contributed by atoms with Crippen LogP contribution < -0.4 is 0 Å². The lowest BCUT2D eigenvalue weighted by molar-refractivity contribution is 0.0698. The number of nitrogens with zero attached hydrogens (tertiary/aromatic N) is 3. The molecule has 3 rings (SSSR count). The Bertz CT molecular complexity index is 609. The molecule has 0 unspecified atom stereocenters. The first-order valence-electron chi connectivity index (χ1n) is 6.89. The molecule has 1 amide bonds. The molecule has 1 aliphatic rings. The minimum Gasteiger partial charge on any atom is -0.339 e. The third-order valence-corrected chi connectivity index (χ3v) is 3.90. The molecule has 100 valence electrons. The van der Waals surface area contributed by atoms with Gasteiger partial charge < -0.3 is 9.30 Å². The maximum absolute atomic E-state index is 12.6. The second kappa shape index (κ2) is 4.68. The Morgan fingerprint density at radius 2 is 2.11 bits per heavy atom. The minimum atomic E-state index is 0.114. The molecule has 0 aliphatic carbocycles. The monoisotopic (exact) mass is 257 g/mol. The fraction of sp³-hybridized carbons (Fsp3) is 0.467. The van der Waals surface area contributed by atoms with Crippen LogP contribution in [0.25, 0.3) is 5.65 Å². The molecule has 0 spiro atoms. The molecule has 2 aromatic rings. The van der Waals surface area contributed by atoms with Crippen molar-refractivity contribution in [2.45, 2.75) is 26.7 Å². The quantitative estimate of drug-likeness (QED) is 0.787. The van der Waals surface area contributed by atoms with Crippen LogP contribution in [0.5, 0.6) is 0 Å². The van der Waals surface area contributed by atoms with Gasteiger partial charge in [0.2, 0.25) is 0 Å². The van der Waals surface area contributed by atoms with Crippen molar-refractivity contribution in [3.8, 4) is 0 Å². The molecule has 1 saturated heterocycles. The average molecular weight is 257 g/mol. The number of aryl methyl sites for hydroxylation is 1. The van der Waals surface area contributed by atoms with Gasteiger partial charge in [-0.3, -0.25) is 4.79 Å². The first-order valence-corrected chi connectivity index (χ1v) is 6.89. The van der Waals surface area contributed by atoms with Gasteiger partial charge in [-0.2, -0.15) is 0 Å². The Morgan fingerprint density at radius 3 is 2.84 bits per heavy atom. The van der Waals surface area contributed by atoms with Gasteiger partial charge in [-0.15, -0.1) is 0 Å². The van der Waals surface area contributed by atoms with Gasteiger partial charge in [-0.1, -0.05) is 6.92 Å². The van der Waals surface area contributed by atoms with Crippen LogP contribution in [-0.4, -0.2) is 33.3 Å². The van der Waals surface area contributed by atoms with Crippen molar-refractivity contribution >= 4 is 11.6 Å². The van der Waals surface area contributed by atoms with E-state index in [0.29, 0.717) is 5.56 Å². The van der Waals surface area contributed by atoms with Crippen molar-refractivity contribution in [1.82, 2.24) is 14.3 Å². The second-order valence-electron chi connectivity index (χ2n) is 5.51. The van der Waals surface area contributed by atoms with Crippen LogP contribution in [0.3, 0.4) is 0 Å². The number of amides is 1. The van der Waals surface area contributed by atoms with Crippen molar-refractivity contribution in [3.63, 3.8) is 0 Å². The van der Waals surface area contributed by atoms with Crippen LogP contribution in [0.15, 0.2) is 24.5 Å². The van der Waals surface area contributed by atoms with Crippen LogP contribution in [0.2, 0.25) is 0 Å². The molecule has 1 aliphatic heterocycles. The minimum absolute atomic E-state index is 0.114. The van der Waals surface area contributed by atoms with Crippen LogP contribution in [-0.2, 0) is 0 Å². The fourth-order valence-electron chi connectivity index (χ4n) is 2.68. The van der Waals surface area contributed by atoms with Crippen LogP contribution >= 0.6 is 0 Å². The number of carbonyl (C=O) groups excluding carboxylic acids is 1. The lowest BCUT2D eigenvalue weighted by atomic mass is 9.99. The molecular formula is C15H19N3O. The number of fused-ring (bicyclic) bond motifs is 1. The highest BCUT2D eigenvalue weighted by Crippen LogP contribution is 2.20. The highest BCUT2D eigenvalue weighted by molar-refractivity contribution is 5.99. The smallest absolute Gasteiger partial charge is 0.257 e. The molecule has 2 aromatic heterocycles. The fourth-order valence-corrected chi connectivity index (χ4v) is 2.68. The summed E-state index contributed by atoms with van der Waals surface area (Å²) in [6, 6.07) is 3.79. The largest absolute Gasteiger partial charge is 0.339 e. The maximum atomic E-state index is 12.6. The predicted molar refractivity (Wildman–Crippen MR) is 74.2 cm³/mol. The van der Waals surface area contributed by atoms with Crippen molar-refractivity contribution in [2.75, 3.05) is 13.1 Å². The van der Waals surface area contributed by atoms with Gasteiger partial charge in [0.05, 0.1) is 11.3 Å². The maximum Gasteiger partial charge on any atom is 0.257 e. The summed E-state index contributed by atoms with van der Waals surface area (Å²) in [6.45, 7) is 5.92. The van der Waals surface area contributed by atoms with E-state index in [-0.39, 0.29) is 5.91 Å². The number of imidazole rings is 1. The summed E-state index contributed by atoms with van der Waals surface area (Å²) >= 11 is 0. The highest BCUT2D eigenvalue weighted by atomic mass is 16.2. The Labute approximate surface area is 113 Å². The summed E-state index contributed by atoms with van der Waals surface area (Å²) in [6.07, 6.45) is 6.08. The lowest BCUT2D eigenvalue weighted by Crippen LogP contribution is -2.38. The van der Waals surface area contributed by atoms with E-state index >= 15 is 0 Å². The van der Waals surface area contributed by atoms with E-state index in [0.717, 1.165) is 43.2 Å². The van der Waals surface area contributed by atoms with Crippen molar-refractivity contribution in [1.29, 1.82) is 0 Å². The Balaban J connectivity index is 1.93. The lowest BCUT2D eigenvalue weighted by Gasteiger charge is -2.30. The topological polar surface area (TPSA) is 37.6 Å². The average Bonchev–Trinajstić information content (AvgIpc) is 2.78. The Morgan fingerprint density at radius 1 is 1.37 bits per heavy atom.